The van der Waals surface area contributed by atoms with Gasteiger partial charge in [0.2, 0.25) is 0 Å². The fraction of sp³-hybridized carbons (Fsp3) is 0.676. The van der Waals surface area contributed by atoms with E-state index >= 15 is 0 Å². The molecule has 258 valence electrons. The number of benzene rings is 2. The van der Waals surface area contributed by atoms with Gasteiger partial charge in [-0.2, -0.15) is 0 Å². The van der Waals surface area contributed by atoms with Crippen LogP contribution in [0, 0.1) is 12.3 Å². The first-order chi connectivity index (χ1) is 22.2. The molecule has 0 amide bonds. The van der Waals surface area contributed by atoms with Gasteiger partial charge in [-0.15, -0.1) is 0 Å². The first kappa shape index (κ1) is 36.6. The van der Waals surface area contributed by atoms with Crippen LogP contribution in [0.1, 0.15) is 82.4 Å². The summed E-state index contributed by atoms with van der Waals surface area (Å²) in [4.78, 5) is 0. The lowest BCUT2D eigenvalue weighted by Crippen LogP contribution is -2.32. The molecule has 46 heavy (non-hydrogen) atoms. The molecule has 0 bridgehead atoms. The van der Waals surface area contributed by atoms with Gasteiger partial charge in [0.1, 0.15) is 18.8 Å². The van der Waals surface area contributed by atoms with Crippen LogP contribution < -0.4 is 9.47 Å². The van der Waals surface area contributed by atoms with Crippen molar-refractivity contribution in [2.45, 2.75) is 90.8 Å². The summed E-state index contributed by atoms with van der Waals surface area (Å²) in [5.74, 6) is 1.19. The summed E-state index contributed by atoms with van der Waals surface area (Å²) < 4.78 is 46.8. The van der Waals surface area contributed by atoms with E-state index in [0.717, 1.165) is 68.4 Å². The Morgan fingerprint density at radius 1 is 0.696 bits per heavy atom. The standard InChI is InChI=1S/C37H56O9/c1-29-26-31(37(38,28-36(2,3)4)30-12-6-5-7-13-30)27-32(41-22-18-39-19-23-44-33-14-8-10-16-42-33)35(29)46-25-21-40-20-24-45-34-15-9-11-17-43-34/h5-7,12-13,26-27,33-34,38H,8-11,14-25,28H2,1-4H3. The van der Waals surface area contributed by atoms with Crippen LogP contribution in [0.5, 0.6) is 11.5 Å². The Hall–Kier alpha value is -2.24. The van der Waals surface area contributed by atoms with Crippen molar-refractivity contribution >= 4 is 0 Å². The third-order valence-corrected chi connectivity index (χ3v) is 8.05. The highest BCUT2D eigenvalue weighted by Crippen LogP contribution is 2.44. The minimum atomic E-state index is -1.22. The van der Waals surface area contributed by atoms with Crippen molar-refractivity contribution in [1.82, 2.24) is 0 Å². The smallest absolute Gasteiger partial charge is 0.164 e. The van der Waals surface area contributed by atoms with E-state index in [1.165, 1.54) is 0 Å². The predicted molar refractivity (Wildman–Crippen MR) is 176 cm³/mol. The van der Waals surface area contributed by atoms with E-state index < -0.39 is 5.60 Å². The zero-order chi connectivity index (χ0) is 32.7. The fourth-order valence-corrected chi connectivity index (χ4v) is 5.90. The van der Waals surface area contributed by atoms with Crippen LogP contribution in [-0.2, 0) is 34.0 Å². The van der Waals surface area contributed by atoms with Crippen molar-refractivity contribution < 1.29 is 43.0 Å². The molecule has 0 spiro atoms. The molecule has 0 saturated carbocycles. The molecule has 0 radical (unpaired) electrons. The Morgan fingerprint density at radius 3 is 1.80 bits per heavy atom. The van der Waals surface area contributed by atoms with Crippen LogP contribution >= 0.6 is 0 Å². The molecule has 0 aromatic heterocycles. The monoisotopic (exact) mass is 644 g/mol. The van der Waals surface area contributed by atoms with Crippen LogP contribution in [0.25, 0.3) is 0 Å². The van der Waals surface area contributed by atoms with E-state index in [0.29, 0.717) is 70.8 Å². The molecule has 1 N–H and O–H groups in total. The number of rotatable bonds is 19. The summed E-state index contributed by atoms with van der Waals surface area (Å²) in [6.45, 7) is 13.2. The Bertz CT molecular complexity index is 1120. The average molecular weight is 645 g/mol. The molecule has 9 heteroatoms. The van der Waals surface area contributed by atoms with Crippen LogP contribution in [-0.4, -0.2) is 83.8 Å². The average Bonchev–Trinajstić information content (AvgIpc) is 3.05. The summed E-state index contributed by atoms with van der Waals surface area (Å²) >= 11 is 0. The second-order valence-electron chi connectivity index (χ2n) is 13.3. The molecular weight excluding hydrogens is 588 g/mol. The molecular formula is C37H56O9. The summed E-state index contributed by atoms with van der Waals surface area (Å²) in [6.07, 6.45) is 6.61. The minimum Gasteiger partial charge on any atom is -0.487 e. The van der Waals surface area contributed by atoms with E-state index in [2.05, 4.69) is 20.8 Å². The number of aliphatic hydroxyl groups is 1. The van der Waals surface area contributed by atoms with Gasteiger partial charge in [0.15, 0.2) is 24.1 Å². The normalized spacial score (nSPS) is 20.3. The number of aryl methyl sites for hydroxylation is 1. The molecule has 0 aliphatic carbocycles. The SMILES string of the molecule is Cc1cc(C(O)(CC(C)(C)C)c2ccccc2)cc(OCCOCCOC2CCCCO2)c1OCCOCCOC1CCCCO1. The van der Waals surface area contributed by atoms with Gasteiger partial charge in [0.05, 0.1) is 39.6 Å². The van der Waals surface area contributed by atoms with Gasteiger partial charge in [-0.3, -0.25) is 0 Å². The van der Waals surface area contributed by atoms with Crippen molar-refractivity contribution in [3.05, 3.63) is 59.2 Å². The minimum absolute atomic E-state index is 0.121. The van der Waals surface area contributed by atoms with Crippen molar-refractivity contribution in [3.63, 3.8) is 0 Å². The third kappa shape index (κ3) is 12.1. The molecule has 3 unspecified atom stereocenters. The Morgan fingerprint density at radius 2 is 1.26 bits per heavy atom. The lowest BCUT2D eigenvalue weighted by molar-refractivity contribution is -0.169. The first-order valence-electron chi connectivity index (χ1n) is 17.1. The maximum absolute atomic E-state index is 12.3. The van der Waals surface area contributed by atoms with Gasteiger partial charge >= 0.3 is 0 Å². The fourth-order valence-electron chi connectivity index (χ4n) is 5.90. The molecule has 9 nitrogen and oxygen atoms in total. The third-order valence-electron chi connectivity index (χ3n) is 8.05. The quantitative estimate of drug-likeness (QED) is 0.171. The number of hydrogen-bond acceptors (Lipinski definition) is 9. The second-order valence-corrected chi connectivity index (χ2v) is 13.3. The van der Waals surface area contributed by atoms with Crippen molar-refractivity contribution in [2.24, 2.45) is 5.41 Å². The van der Waals surface area contributed by atoms with E-state index in [-0.39, 0.29) is 18.0 Å². The van der Waals surface area contributed by atoms with E-state index in [1.54, 1.807) is 0 Å². The Kier molecular flexibility index (Phi) is 15.1. The van der Waals surface area contributed by atoms with Gasteiger partial charge in [0.25, 0.3) is 0 Å². The summed E-state index contributed by atoms with van der Waals surface area (Å²) in [7, 11) is 0. The highest BCUT2D eigenvalue weighted by atomic mass is 16.7. The second kappa shape index (κ2) is 18.9. The first-order valence-corrected chi connectivity index (χ1v) is 17.1. The van der Waals surface area contributed by atoms with Gasteiger partial charge in [-0.1, -0.05) is 51.1 Å². The molecule has 2 saturated heterocycles. The largest absolute Gasteiger partial charge is 0.487 e. The van der Waals surface area contributed by atoms with Crippen LogP contribution in [0.4, 0.5) is 0 Å². The van der Waals surface area contributed by atoms with Gasteiger partial charge in [-0.05, 0) is 86.1 Å². The lowest BCUT2D eigenvalue weighted by atomic mass is 9.74. The van der Waals surface area contributed by atoms with Gasteiger partial charge in [-0.25, -0.2) is 0 Å². The topological polar surface area (TPSA) is 94.1 Å². The molecule has 2 aromatic rings. The van der Waals surface area contributed by atoms with Gasteiger partial charge in [0, 0.05) is 13.2 Å². The highest BCUT2D eigenvalue weighted by molar-refractivity contribution is 5.52. The Labute approximate surface area is 275 Å². The summed E-state index contributed by atoms with van der Waals surface area (Å²) in [5, 5.41) is 12.3. The molecule has 2 heterocycles. The maximum atomic E-state index is 12.3. The predicted octanol–water partition coefficient (Wildman–Crippen LogP) is 6.54. The van der Waals surface area contributed by atoms with Crippen molar-refractivity contribution in [3.8, 4) is 11.5 Å². The molecule has 4 rings (SSSR count). The molecule has 2 fully saturated rings. The van der Waals surface area contributed by atoms with Crippen LogP contribution in [0.15, 0.2) is 42.5 Å². The van der Waals surface area contributed by atoms with Crippen LogP contribution in [0.3, 0.4) is 0 Å². The summed E-state index contributed by atoms with van der Waals surface area (Å²) in [5.41, 5.74) is 1.10. The van der Waals surface area contributed by atoms with E-state index in [4.69, 9.17) is 37.9 Å². The Balaban J connectivity index is 1.37. The molecule has 2 aromatic carbocycles. The van der Waals surface area contributed by atoms with Crippen LogP contribution in [0.2, 0.25) is 0 Å². The molecule has 3 atom stereocenters. The van der Waals surface area contributed by atoms with E-state index in [9.17, 15) is 5.11 Å². The van der Waals surface area contributed by atoms with Gasteiger partial charge < -0.3 is 43.0 Å². The van der Waals surface area contributed by atoms with E-state index in [1.807, 2.05) is 49.4 Å². The molecule has 2 aliphatic rings. The zero-order valence-electron chi connectivity index (χ0n) is 28.4. The number of hydrogen-bond donors (Lipinski definition) is 1. The number of ether oxygens (including phenoxy) is 8. The van der Waals surface area contributed by atoms with Crippen molar-refractivity contribution in [2.75, 3.05) is 66.1 Å². The van der Waals surface area contributed by atoms with Crippen molar-refractivity contribution in [1.29, 1.82) is 0 Å². The highest BCUT2D eigenvalue weighted by Gasteiger charge is 2.37. The maximum Gasteiger partial charge on any atom is 0.164 e. The molecule has 2 aliphatic heterocycles. The lowest BCUT2D eigenvalue weighted by Gasteiger charge is -2.36. The summed E-state index contributed by atoms with van der Waals surface area (Å²) in [6, 6.07) is 13.7. The zero-order valence-corrected chi connectivity index (χ0v) is 28.4.